The number of rotatable bonds is 6. The minimum atomic E-state index is 0.198. The number of morpholine rings is 1. The lowest BCUT2D eigenvalue weighted by Crippen LogP contribution is -2.36. The van der Waals surface area contributed by atoms with Crippen LogP contribution in [0.4, 0.5) is 5.82 Å². The first-order chi connectivity index (χ1) is 11.6. The van der Waals surface area contributed by atoms with E-state index in [1.807, 2.05) is 0 Å². The Bertz CT molecular complexity index is 697. The van der Waals surface area contributed by atoms with E-state index in [9.17, 15) is 0 Å². The molecule has 1 unspecified atom stereocenters. The Hall–Kier alpha value is -1.28. The van der Waals surface area contributed by atoms with Crippen molar-refractivity contribution in [2.24, 2.45) is 0 Å². The van der Waals surface area contributed by atoms with Gasteiger partial charge in [0.2, 0.25) is 0 Å². The highest BCUT2D eigenvalue weighted by Gasteiger charge is 2.18. The Kier molecular flexibility index (Phi) is 5.65. The maximum absolute atomic E-state index is 5.42. The number of fused-ring (bicyclic) bond motifs is 1. The first-order valence-electron chi connectivity index (χ1n) is 8.40. The van der Waals surface area contributed by atoms with Gasteiger partial charge in [0.15, 0.2) is 0 Å². The van der Waals surface area contributed by atoms with Crippen molar-refractivity contribution < 1.29 is 9.47 Å². The Morgan fingerprint density at radius 1 is 1.29 bits per heavy atom. The average molecular weight is 350 g/mol. The topological polar surface area (TPSA) is 59.5 Å². The lowest BCUT2D eigenvalue weighted by Gasteiger charge is -2.26. The summed E-state index contributed by atoms with van der Waals surface area (Å²) < 4.78 is 10.7. The van der Waals surface area contributed by atoms with E-state index in [1.165, 1.54) is 10.4 Å². The Morgan fingerprint density at radius 3 is 2.75 bits per heavy atom. The van der Waals surface area contributed by atoms with E-state index in [-0.39, 0.29) is 6.04 Å². The van der Waals surface area contributed by atoms with Crippen LogP contribution < -0.4 is 5.32 Å². The molecular formula is C17H26N4O2S. The van der Waals surface area contributed by atoms with Crippen LogP contribution in [0.3, 0.4) is 0 Å². The van der Waals surface area contributed by atoms with E-state index in [1.54, 1.807) is 18.4 Å². The summed E-state index contributed by atoms with van der Waals surface area (Å²) in [5.74, 6) is 1.80. The smallest absolute Gasteiger partial charge is 0.146 e. The molecule has 2 aromatic rings. The van der Waals surface area contributed by atoms with Gasteiger partial charge in [-0.05, 0) is 26.3 Å². The summed E-state index contributed by atoms with van der Waals surface area (Å²) >= 11 is 1.74. The maximum Gasteiger partial charge on any atom is 0.146 e. The molecule has 0 bridgehead atoms. The first kappa shape index (κ1) is 17.5. The Labute approximate surface area is 147 Å². The van der Waals surface area contributed by atoms with Gasteiger partial charge in [-0.25, -0.2) is 9.97 Å². The van der Waals surface area contributed by atoms with Crippen LogP contribution in [0.5, 0.6) is 0 Å². The van der Waals surface area contributed by atoms with E-state index in [0.29, 0.717) is 6.61 Å². The third-order valence-corrected chi connectivity index (χ3v) is 5.44. The largest absolute Gasteiger partial charge is 0.383 e. The third-order valence-electron chi connectivity index (χ3n) is 4.34. The van der Waals surface area contributed by atoms with Crippen LogP contribution in [0.1, 0.15) is 23.2 Å². The fourth-order valence-corrected chi connectivity index (χ4v) is 4.00. The van der Waals surface area contributed by atoms with Gasteiger partial charge in [-0.1, -0.05) is 0 Å². The van der Waals surface area contributed by atoms with Crippen molar-refractivity contribution in [3.05, 3.63) is 16.3 Å². The summed E-state index contributed by atoms with van der Waals surface area (Å²) in [5.41, 5.74) is 1.26. The molecule has 1 aliphatic heterocycles. The molecule has 132 valence electrons. The molecule has 0 radical (unpaired) electrons. The van der Waals surface area contributed by atoms with Crippen molar-refractivity contribution in [2.45, 2.75) is 33.4 Å². The minimum absolute atomic E-state index is 0.198. The summed E-state index contributed by atoms with van der Waals surface area (Å²) in [7, 11) is 1.72. The third kappa shape index (κ3) is 3.85. The molecule has 0 aromatic carbocycles. The minimum Gasteiger partial charge on any atom is -0.383 e. The molecule has 3 heterocycles. The summed E-state index contributed by atoms with van der Waals surface area (Å²) in [6.07, 6.45) is 0. The Balaban J connectivity index is 1.92. The van der Waals surface area contributed by atoms with Crippen molar-refractivity contribution in [1.29, 1.82) is 0 Å². The van der Waals surface area contributed by atoms with Crippen LogP contribution >= 0.6 is 11.3 Å². The molecule has 7 heteroatoms. The van der Waals surface area contributed by atoms with Gasteiger partial charge in [-0.2, -0.15) is 0 Å². The molecule has 1 N–H and O–H groups in total. The quantitative estimate of drug-likeness (QED) is 0.864. The van der Waals surface area contributed by atoms with Crippen LogP contribution in [-0.2, 0) is 16.0 Å². The maximum atomic E-state index is 5.42. The van der Waals surface area contributed by atoms with Crippen molar-refractivity contribution in [3.8, 4) is 0 Å². The van der Waals surface area contributed by atoms with Crippen LogP contribution in [0, 0.1) is 13.8 Å². The van der Waals surface area contributed by atoms with Crippen molar-refractivity contribution >= 4 is 27.4 Å². The van der Waals surface area contributed by atoms with Gasteiger partial charge in [0.25, 0.3) is 0 Å². The van der Waals surface area contributed by atoms with E-state index >= 15 is 0 Å². The molecule has 0 amide bonds. The molecule has 2 aromatic heterocycles. The molecule has 0 aliphatic carbocycles. The van der Waals surface area contributed by atoms with E-state index < -0.39 is 0 Å². The lowest BCUT2D eigenvalue weighted by atomic mass is 10.2. The zero-order chi connectivity index (χ0) is 17.1. The number of anilines is 1. The second-order valence-corrected chi connectivity index (χ2v) is 7.54. The van der Waals surface area contributed by atoms with Gasteiger partial charge < -0.3 is 14.8 Å². The van der Waals surface area contributed by atoms with Crippen molar-refractivity contribution in [2.75, 3.05) is 45.3 Å². The molecule has 0 saturated carbocycles. The van der Waals surface area contributed by atoms with E-state index in [4.69, 9.17) is 19.4 Å². The van der Waals surface area contributed by atoms with Crippen LogP contribution in [0.25, 0.3) is 10.2 Å². The van der Waals surface area contributed by atoms with Gasteiger partial charge in [-0.15, -0.1) is 11.3 Å². The van der Waals surface area contributed by atoms with E-state index in [2.05, 4.69) is 31.0 Å². The number of nitrogens with one attached hydrogen (secondary N) is 1. The van der Waals surface area contributed by atoms with Crippen LogP contribution in [0.2, 0.25) is 0 Å². The van der Waals surface area contributed by atoms with Gasteiger partial charge in [0.1, 0.15) is 16.5 Å². The molecule has 24 heavy (non-hydrogen) atoms. The molecular weight excluding hydrogens is 324 g/mol. The monoisotopic (exact) mass is 350 g/mol. The number of thiophene rings is 1. The molecule has 1 aliphatic rings. The first-order valence-corrected chi connectivity index (χ1v) is 9.22. The molecule has 0 spiro atoms. The van der Waals surface area contributed by atoms with Crippen molar-refractivity contribution in [1.82, 2.24) is 14.9 Å². The number of ether oxygens (including phenoxy) is 2. The summed E-state index contributed by atoms with van der Waals surface area (Å²) in [6.45, 7) is 11.3. The average Bonchev–Trinajstić information content (AvgIpc) is 2.83. The fourth-order valence-electron chi connectivity index (χ4n) is 2.95. The SMILES string of the molecule is COCC(C)Nc1nc(CN2CCOCC2)nc2sc(C)c(C)c12. The zero-order valence-corrected chi connectivity index (χ0v) is 15.7. The molecule has 1 saturated heterocycles. The molecule has 6 nitrogen and oxygen atoms in total. The highest BCUT2D eigenvalue weighted by molar-refractivity contribution is 7.18. The normalized spacial score (nSPS) is 17.3. The second kappa shape index (κ2) is 7.74. The van der Waals surface area contributed by atoms with Crippen LogP contribution in [0.15, 0.2) is 0 Å². The number of aryl methyl sites for hydroxylation is 2. The Morgan fingerprint density at radius 2 is 2.04 bits per heavy atom. The second-order valence-electron chi connectivity index (χ2n) is 6.34. The summed E-state index contributed by atoms with van der Waals surface area (Å²) in [6, 6.07) is 0.198. The summed E-state index contributed by atoms with van der Waals surface area (Å²) in [4.78, 5) is 14.4. The molecule has 1 atom stereocenters. The van der Waals surface area contributed by atoms with Crippen molar-refractivity contribution in [3.63, 3.8) is 0 Å². The predicted molar refractivity (Wildman–Crippen MR) is 97.9 cm³/mol. The zero-order valence-electron chi connectivity index (χ0n) is 14.9. The molecule has 1 fully saturated rings. The highest BCUT2D eigenvalue weighted by Crippen LogP contribution is 2.33. The highest BCUT2D eigenvalue weighted by atomic mass is 32.1. The van der Waals surface area contributed by atoms with Gasteiger partial charge in [-0.3, -0.25) is 4.90 Å². The number of methoxy groups -OCH3 is 1. The standard InChI is InChI=1S/C17H26N4O2S/c1-11(10-22-4)18-16-15-12(2)13(3)24-17(15)20-14(19-16)9-21-5-7-23-8-6-21/h11H,5-10H2,1-4H3,(H,18,19,20). The summed E-state index contributed by atoms with van der Waals surface area (Å²) in [5, 5.41) is 4.65. The number of aromatic nitrogens is 2. The number of nitrogens with zero attached hydrogens (tertiary/aromatic N) is 3. The van der Waals surface area contributed by atoms with Gasteiger partial charge in [0.05, 0.1) is 31.8 Å². The van der Waals surface area contributed by atoms with Crippen LogP contribution in [-0.4, -0.2) is 60.9 Å². The van der Waals surface area contributed by atoms with Gasteiger partial charge in [0, 0.05) is 31.1 Å². The van der Waals surface area contributed by atoms with Gasteiger partial charge >= 0.3 is 0 Å². The van der Waals surface area contributed by atoms with E-state index in [0.717, 1.165) is 54.7 Å². The number of hydrogen-bond donors (Lipinski definition) is 1. The predicted octanol–water partition coefficient (Wildman–Crippen LogP) is 2.59. The lowest BCUT2D eigenvalue weighted by molar-refractivity contribution is 0.0331. The molecule has 3 rings (SSSR count). The fraction of sp³-hybridized carbons (Fsp3) is 0.647. The number of hydrogen-bond acceptors (Lipinski definition) is 7.